The number of hydrogen-bond acceptors (Lipinski definition) is 5. The van der Waals surface area contributed by atoms with Crippen LogP contribution in [0.5, 0.6) is 0 Å². The molecule has 4 aromatic rings. The van der Waals surface area contributed by atoms with Crippen molar-refractivity contribution in [3.8, 4) is 5.69 Å². The van der Waals surface area contributed by atoms with Gasteiger partial charge in [-0.3, -0.25) is 4.98 Å². The molecule has 0 N–H and O–H groups in total. The number of tetrazole rings is 1. The van der Waals surface area contributed by atoms with Crippen molar-refractivity contribution in [2.24, 2.45) is 0 Å². The maximum absolute atomic E-state index is 6.07. The van der Waals surface area contributed by atoms with Crippen LogP contribution < -0.4 is 0 Å². The highest BCUT2D eigenvalue weighted by molar-refractivity contribution is 7.99. The van der Waals surface area contributed by atoms with Gasteiger partial charge in [-0.1, -0.05) is 29.8 Å². The summed E-state index contributed by atoms with van der Waals surface area (Å²) in [5.74, 6) is 0. The van der Waals surface area contributed by atoms with E-state index in [1.54, 1.807) is 10.9 Å². The molecular weight excluding hydrogens is 354 g/mol. The minimum Gasteiger partial charge on any atom is -0.256 e. The molecule has 0 aliphatic carbocycles. The summed E-state index contributed by atoms with van der Waals surface area (Å²) in [5, 5.41) is 14.6. The van der Waals surface area contributed by atoms with Crippen molar-refractivity contribution in [1.29, 1.82) is 0 Å². The van der Waals surface area contributed by atoms with Crippen molar-refractivity contribution >= 4 is 34.3 Å². The predicted molar refractivity (Wildman–Crippen MR) is 99.5 cm³/mol. The molecule has 0 unspecified atom stereocenters. The van der Waals surface area contributed by atoms with E-state index in [2.05, 4.69) is 40.4 Å². The Kier molecular flexibility index (Phi) is 4.15. The third-order valence-electron chi connectivity index (χ3n) is 4.11. The van der Waals surface area contributed by atoms with E-state index in [1.165, 1.54) is 17.3 Å². The van der Waals surface area contributed by atoms with Crippen molar-refractivity contribution in [2.75, 3.05) is 0 Å². The molecule has 0 aliphatic rings. The van der Waals surface area contributed by atoms with Gasteiger partial charge >= 0.3 is 0 Å². The number of hydrogen-bond donors (Lipinski definition) is 0. The number of benzene rings is 2. The first-order valence-electron chi connectivity index (χ1n) is 7.70. The van der Waals surface area contributed by atoms with E-state index in [-0.39, 0.29) is 0 Å². The minimum atomic E-state index is 0.669. The van der Waals surface area contributed by atoms with Crippen LogP contribution in [0.25, 0.3) is 16.6 Å². The number of rotatable bonds is 3. The maximum Gasteiger partial charge on any atom is 0.218 e. The third kappa shape index (κ3) is 2.99. The quantitative estimate of drug-likeness (QED) is 0.528. The van der Waals surface area contributed by atoms with E-state index in [4.69, 9.17) is 11.6 Å². The van der Waals surface area contributed by atoms with Gasteiger partial charge in [0.05, 0.1) is 11.2 Å². The van der Waals surface area contributed by atoms with E-state index in [0.717, 1.165) is 27.0 Å². The van der Waals surface area contributed by atoms with Crippen LogP contribution in [0.3, 0.4) is 0 Å². The standard InChI is InChI=1S/C18H14ClN5S/c1-11-4-3-5-16(12(11)2)24-18(21-22-23-24)25-17-8-9-20-15-10-13(19)6-7-14(15)17/h3-10H,1-2H3. The summed E-state index contributed by atoms with van der Waals surface area (Å²) in [6, 6.07) is 13.8. The summed E-state index contributed by atoms with van der Waals surface area (Å²) in [6.07, 6.45) is 1.77. The van der Waals surface area contributed by atoms with Crippen LogP contribution in [0.2, 0.25) is 5.02 Å². The van der Waals surface area contributed by atoms with Gasteiger partial charge in [-0.15, -0.1) is 5.10 Å². The van der Waals surface area contributed by atoms with E-state index in [9.17, 15) is 0 Å². The van der Waals surface area contributed by atoms with Gasteiger partial charge in [-0.25, -0.2) is 0 Å². The summed E-state index contributed by atoms with van der Waals surface area (Å²) in [7, 11) is 0. The molecule has 0 spiro atoms. The van der Waals surface area contributed by atoms with Crippen molar-refractivity contribution < 1.29 is 0 Å². The Morgan fingerprint density at radius 1 is 1.08 bits per heavy atom. The molecule has 2 aromatic heterocycles. The molecule has 0 saturated heterocycles. The average molecular weight is 368 g/mol. The molecule has 0 amide bonds. The van der Waals surface area contributed by atoms with Crippen LogP contribution in [0.15, 0.2) is 58.7 Å². The highest BCUT2D eigenvalue weighted by Gasteiger charge is 2.14. The first kappa shape index (κ1) is 16.1. The largest absolute Gasteiger partial charge is 0.256 e. The number of aromatic nitrogens is 5. The smallest absolute Gasteiger partial charge is 0.218 e. The predicted octanol–water partition coefficient (Wildman–Crippen LogP) is 4.63. The average Bonchev–Trinajstić information content (AvgIpc) is 3.05. The van der Waals surface area contributed by atoms with Gasteiger partial charge in [0.25, 0.3) is 0 Å². The van der Waals surface area contributed by atoms with Crippen LogP contribution in [0.4, 0.5) is 0 Å². The van der Waals surface area contributed by atoms with Crippen molar-refractivity contribution in [1.82, 2.24) is 25.2 Å². The van der Waals surface area contributed by atoms with E-state index >= 15 is 0 Å². The van der Waals surface area contributed by atoms with E-state index in [1.807, 2.05) is 36.4 Å². The Balaban J connectivity index is 1.79. The zero-order chi connectivity index (χ0) is 17.4. The molecule has 5 nitrogen and oxygen atoms in total. The van der Waals surface area contributed by atoms with Crippen LogP contribution in [0, 0.1) is 13.8 Å². The van der Waals surface area contributed by atoms with E-state index < -0.39 is 0 Å². The monoisotopic (exact) mass is 367 g/mol. The highest BCUT2D eigenvalue weighted by Crippen LogP contribution is 2.33. The van der Waals surface area contributed by atoms with Crippen molar-refractivity contribution in [3.63, 3.8) is 0 Å². The molecule has 7 heteroatoms. The minimum absolute atomic E-state index is 0.669. The zero-order valence-electron chi connectivity index (χ0n) is 13.6. The number of fused-ring (bicyclic) bond motifs is 1. The molecule has 0 bridgehead atoms. The first-order valence-corrected chi connectivity index (χ1v) is 8.90. The molecule has 0 saturated carbocycles. The summed E-state index contributed by atoms with van der Waals surface area (Å²) in [5.41, 5.74) is 4.19. The number of halogens is 1. The molecule has 2 aromatic carbocycles. The number of pyridine rings is 1. The topological polar surface area (TPSA) is 56.5 Å². The summed E-state index contributed by atoms with van der Waals surface area (Å²) < 4.78 is 1.77. The Bertz CT molecular complexity index is 1080. The highest BCUT2D eigenvalue weighted by atomic mass is 35.5. The van der Waals surface area contributed by atoms with Gasteiger partial charge in [0.2, 0.25) is 5.16 Å². The normalized spacial score (nSPS) is 11.2. The lowest BCUT2D eigenvalue weighted by molar-refractivity contribution is 0.751. The third-order valence-corrected chi connectivity index (χ3v) is 5.36. The lowest BCUT2D eigenvalue weighted by atomic mass is 10.1. The van der Waals surface area contributed by atoms with Crippen LogP contribution >= 0.6 is 23.4 Å². The van der Waals surface area contributed by atoms with Gasteiger partial charge < -0.3 is 0 Å². The molecule has 0 fully saturated rings. The van der Waals surface area contributed by atoms with Crippen LogP contribution in [-0.4, -0.2) is 25.2 Å². The van der Waals surface area contributed by atoms with Gasteiger partial charge in [0.1, 0.15) is 0 Å². The summed E-state index contributed by atoms with van der Waals surface area (Å²) in [4.78, 5) is 5.41. The lowest BCUT2D eigenvalue weighted by Crippen LogP contribution is -2.02. The van der Waals surface area contributed by atoms with E-state index in [0.29, 0.717) is 10.2 Å². The fourth-order valence-corrected chi connectivity index (χ4v) is 3.71. The number of nitrogens with zero attached hydrogens (tertiary/aromatic N) is 5. The first-order chi connectivity index (χ1) is 12.1. The number of aryl methyl sites for hydroxylation is 1. The summed E-state index contributed by atoms with van der Waals surface area (Å²) >= 11 is 7.58. The van der Waals surface area contributed by atoms with Crippen molar-refractivity contribution in [2.45, 2.75) is 23.9 Å². The fourth-order valence-electron chi connectivity index (χ4n) is 2.64. The molecule has 4 rings (SSSR count). The molecule has 0 aliphatic heterocycles. The SMILES string of the molecule is Cc1cccc(-n2nnnc2Sc2ccnc3cc(Cl)ccc23)c1C. The molecule has 0 atom stereocenters. The van der Waals surface area contributed by atoms with Crippen LogP contribution in [0.1, 0.15) is 11.1 Å². The second-order valence-electron chi connectivity index (χ2n) is 5.66. The lowest BCUT2D eigenvalue weighted by Gasteiger charge is -2.10. The molecule has 2 heterocycles. The molecular formula is C18H14ClN5S. The fraction of sp³-hybridized carbons (Fsp3) is 0.111. The van der Waals surface area contributed by atoms with Gasteiger partial charge in [-0.05, 0) is 71.4 Å². The van der Waals surface area contributed by atoms with Crippen molar-refractivity contribution in [3.05, 3.63) is 64.8 Å². The summed E-state index contributed by atoms with van der Waals surface area (Å²) in [6.45, 7) is 4.15. The van der Waals surface area contributed by atoms with Crippen LogP contribution in [-0.2, 0) is 0 Å². The molecule has 25 heavy (non-hydrogen) atoms. The van der Waals surface area contributed by atoms with Gasteiger partial charge in [0.15, 0.2) is 0 Å². The molecule has 124 valence electrons. The van der Waals surface area contributed by atoms with Gasteiger partial charge in [0, 0.05) is 21.5 Å². The second-order valence-corrected chi connectivity index (χ2v) is 7.11. The second kappa shape index (κ2) is 6.46. The molecule has 0 radical (unpaired) electrons. The Morgan fingerprint density at radius 3 is 2.84 bits per heavy atom. The Hall–Kier alpha value is -2.44. The maximum atomic E-state index is 6.07. The Morgan fingerprint density at radius 2 is 1.96 bits per heavy atom. The van der Waals surface area contributed by atoms with Gasteiger partial charge in [-0.2, -0.15) is 4.68 Å². The Labute approximate surface area is 154 Å². The zero-order valence-corrected chi connectivity index (χ0v) is 15.2.